The molecule has 0 saturated carbocycles. The van der Waals surface area contributed by atoms with Crippen molar-refractivity contribution in [3.05, 3.63) is 0 Å². The molecule has 0 aliphatic carbocycles. The van der Waals surface area contributed by atoms with E-state index in [9.17, 15) is 4.79 Å². The van der Waals surface area contributed by atoms with Gasteiger partial charge in [-0.2, -0.15) is 0 Å². The molecule has 0 aromatic rings. The number of β-amino-alcohol motifs (C(OH)–C–C–N with tert-alkyl or cyclic N) is 1. The molecule has 0 spiro atoms. The standard InChI is InChI=1S/C6H11NO2/c1-6(9)4-7(5-6)2-3-8/h3,9H,2,4-5H2,1H3. The monoisotopic (exact) mass is 129 g/mol. The molecule has 3 heteroatoms. The maximum atomic E-state index is 9.90. The fourth-order valence-corrected chi connectivity index (χ4v) is 1.15. The van der Waals surface area contributed by atoms with Gasteiger partial charge in [0.15, 0.2) is 0 Å². The number of hydrogen-bond donors (Lipinski definition) is 1. The minimum absolute atomic E-state index is 0.455. The maximum Gasteiger partial charge on any atom is 0.133 e. The predicted octanol–water partition coefficient (Wildman–Crippen LogP) is -0.748. The first-order valence-electron chi connectivity index (χ1n) is 3.02. The molecule has 3 nitrogen and oxygen atoms in total. The number of aldehydes is 1. The summed E-state index contributed by atoms with van der Waals surface area (Å²) in [5, 5.41) is 9.15. The van der Waals surface area contributed by atoms with E-state index in [1.54, 1.807) is 6.92 Å². The van der Waals surface area contributed by atoms with E-state index in [1.165, 1.54) is 0 Å². The molecule has 1 fully saturated rings. The van der Waals surface area contributed by atoms with Crippen LogP contribution in [0.5, 0.6) is 0 Å². The second-order valence-corrected chi connectivity index (χ2v) is 2.83. The zero-order valence-corrected chi connectivity index (χ0v) is 5.50. The number of likely N-dealkylation sites (tertiary alicyclic amines) is 1. The van der Waals surface area contributed by atoms with Crippen LogP contribution < -0.4 is 0 Å². The molecule has 0 unspecified atom stereocenters. The van der Waals surface area contributed by atoms with Crippen LogP contribution >= 0.6 is 0 Å². The van der Waals surface area contributed by atoms with E-state index < -0.39 is 5.60 Å². The third-order valence-electron chi connectivity index (χ3n) is 1.46. The number of hydrogen-bond acceptors (Lipinski definition) is 3. The van der Waals surface area contributed by atoms with Gasteiger partial charge in [-0.05, 0) is 6.92 Å². The fraction of sp³-hybridized carbons (Fsp3) is 0.833. The molecule has 1 rings (SSSR count). The molecule has 52 valence electrons. The summed E-state index contributed by atoms with van der Waals surface area (Å²) >= 11 is 0. The number of carbonyl (C=O) groups is 1. The topological polar surface area (TPSA) is 40.5 Å². The summed E-state index contributed by atoms with van der Waals surface area (Å²) in [4.78, 5) is 11.8. The first-order chi connectivity index (χ1) is 4.14. The van der Waals surface area contributed by atoms with E-state index >= 15 is 0 Å². The lowest BCUT2D eigenvalue weighted by Gasteiger charge is -2.43. The van der Waals surface area contributed by atoms with Gasteiger partial charge in [-0.1, -0.05) is 0 Å². The van der Waals surface area contributed by atoms with E-state index in [1.807, 2.05) is 4.90 Å². The van der Waals surface area contributed by atoms with Crippen molar-refractivity contribution in [3.63, 3.8) is 0 Å². The lowest BCUT2D eigenvalue weighted by Crippen LogP contribution is -2.60. The van der Waals surface area contributed by atoms with Crippen LogP contribution in [0, 0.1) is 0 Å². The minimum Gasteiger partial charge on any atom is -0.388 e. The Labute approximate surface area is 54.3 Å². The van der Waals surface area contributed by atoms with Crippen molar-refractivity contribution < 1.29 is 9.90 Å². The summed E-state index contributed by atoms with van der Waals surface area (Å²) in [5.41, 5.74) is -0.539. The third kappa shape index (κ3) is 1.50. The van der Waals surface area contributed by atoms with Gasteiger partial charge in [-0.3, -0.25) is 4.90 Å². The molecule has 1 heterocycles. The van der Waals surface area contributed by atoms with E-state index in [-0.39, 0.29) is 0 Å². The van der Waals surface area contributed by atoms with Gasteiger partial charge in [0.1, 0.15) is 6.29 Å². The average molecular weight is 129 g/mol. The highest BCUT2D eigenvalue weighted by molar-refractivity contribution is 5.52. The van der Waals surface area contributed by atoms with Crippen LogP contribution in [0.1, 0.15) is 6.92 Å². The van der Waals surface area contributed by atoms with Crippen molar-refractivity contribution in [2.45, 2.75) is 12.5 Å². The van der Waals surface area contributed by atoms with Crippen LogP contribution in [-0.4, -0.2) is 41.5 Å². The van der Waals surface area contributed by atoms with Gasteiger partial charge in [-0.25, -0.2) is 0 Å². The van der Waals surface area contributed by atoms with Crippen LogP contribution in [0.4, 0.5) is 0 Å². The molecule has 0 bridgehead atoms. The summed E-state index contributed by atoms with van der Waals surface area (Å²) in [6.45, 7) is 3.49. The smallest absolute Gasteiger partial charge is 0.133 e. The number of rotatable bonds is 2. The lowest BCUT2D eigenvalue weighted by molar-refractivity contribution is -0.117. The van der Waals surface area contributed by atoms with Crippen LogP contribution in [0.15, 0.2) is 0 Å². The highest BCUT2D eigenvalue weighted by Crippen LogP contribution is 2.17. The molecule has 1 N–H and O–H groups in total. The lowest BCUT2D eigenvalue weighted by atomic mass is 9.97. The second kappa shape index (κ2) is 2.08. The van der Waals surface area contributed by atoms with Crippen molar-refractivity contribution >= 4 is 6.29 Å². The zero-order valence-electron chi connectivity index (χ0n) is 5.50. The van der Waals surface area contributed by atoms with Crippen LogP contribution in [-0.2, 0) is 4.79 Å². The largest absolute Gasteiger partial charge is 0.388 e. The van der Waals surface area contributed by atoms with E-state index in [4.69, 9.17) is 5.11 Å². The predicted molar refractivity (Wildman–Crippen MR) is 33.1 cm³/mol. The Morgan fingerprint density at radius 1 is 1.78 bits per heavy atom. The SMILES string of the molecule is CC1(O)CN(CC=O)C1. The third-order valence-corrected chi connectivity index (χ3v) is 1.46. The molecular weight excluding hydrogens is 118 g/mol. The van der Waals surface area contributed by atoms with Gasteiger partial charge in [0.2, 0.25) is 0 Å². The molecule has 1 aliphatic rings. The van der Waals surface area contributed by atoms with Crippen molar-refractivity contribution in [1.29, 1.82) is 0 Å². The van der Waals surface area contributed by atoms with Crippen molar-refractivity contribution in [1.82, 2.24) is 4.90 Å². The van der Waals surface area contributed by atoms with E-state index in [2.05, 4.69) is 0 Å². The van der Waals surface area contributed by atoms with Crippen molar-refractivity contribution in [3.8, 4) is 0 Å². The van der Waals surface area contributed by atoms with Gasteiger partial charge >= 0.3 is 0 Å². The Balaban J connectivity index is 2.19. The summed E-state index contributed by atoms with van der Waals surface area (Å²) in [6, 6.07) is 0. The highest BCUT2D eigenvalue weighted by atomic mass is 16.3. The Morgan fingerprint density at radius 3 is 2.67 bits per heavy atom. The van der Waals surface area contributed by atoms with Gasteiger partial charge < -0.3 is 9.90 Å². The van der Waals surface area contributed by atoms with Crippen LogP contribution in [0.25, 0.3) is 0 Å². The first kappa shape index (κ1) is 6.71. The molecule has 0 aromatic carbocycles. The second-order valence-electron chi connectivity index (χ2n) is 2.83. The Kier molecular flexibility index (Phi) is 1.55. The Bertz CT molecular complexity index is 114. The normalized spacial score (nSPS) is 25.1. The molecule has 0 aromatic heterocycles. The van der Waals surface area contributed by atoms with E-state index in [0.29, 0.717) is 19.6 Å². The Morgan fingerprint density at radius 2 is 2.33 bits per heavy atom. The molecular formula is C6H11NO2. The van der Waals surface area contributed by atoms with Gasteiger partial charge in [0, 0.05) is 13.1 Å². The summed E-state index contributed by atoms with van der Waals surface area (Å²) in [5.74, 6) is 0. The maximum absolute atomic E-state index is 9.90. The zero-order chi connectivity index (χ0) is 6.91. The van der Waals surface area contributed by atoms with Crippen LogP contribution in [0.3, 0.4) is 0 Å². The molecule has 0 atom stereocenters. The van der Waals surface area contributed by atoms with Gasteiger partial charge in [-0.15, -0.1) is 0 Å². The number of nitrogens with zero attached hydrogens (tertiary/aromatic N) is 1. The Hall–Kier alpha value is -0.410. The van der Waals surface area contributed by atoms with E-state index in [0.717, 1.165) is 6.29 Å². The number of carbonyl (C=O) groups excluding carboxylic acids is 1. The molecule has 9 heavy (non-hydrogen) atoms. The fourth-order valence-electron chi connectivity index (χ4n) is 1.15. The minimum atomic E-state index is -0.539. The summed E-state index contributed by atoms with van der Waals surface area (Å²) < 4.78 is 0. The first-order valence-corrected chi connectivity index (χ1v) is 3.02. The summed E-state index contributed by atoms with van der Waals surface area (Å²) in [6.07, 6.45) is 0.856. The molecule has 0 amide bonds. The van der Waals surface area contributed by atoms with Gasteiger partial charge in [0.25, 0.3) is 0 Å². The van der Waals surface area contributed by atoms with Crippen molar-refractivity contribution in [2.75, 3.05) is 19.6 Å². The highest BCUT2D eigenvalue weighted by Gasteiger charge is 2.35. The number of aliphatic hydroxyl groups is 1. The van der Waals surface area contributed by atoms with Crippen molar-refractivity contribution in [2.24, 2.45) is 0 Å². The summed E-state index contributed by atoms with van der Waals surface area (Å²) in [7, 11) is 0. The average Bonchev–Trinajstić information content (AvgIpc) is 1.62. The van der Waals surface area contributed by atoms with Crippen LogP contribution in [0.2, 0.25) is 0 Å². The van der Waals surface area contributed by atoms with Gasteiger partial charge in [0.05, 0.1) is 12.1 Å². The molecule has 0 radical (unpaired) electrons. The molecule has 1 saturated heterocycles. The molecule has 1 aliphatic heterocycles. The quantitative estimate of drug-likeness (QED) is 0.499.